The number of aryl methyl sites for hydroxylation is 1. The molecule has 0 N–H and O–H groups in total. The molecule has 1 aromatic carbocycles. The highest BCUT2D eigenvalue weighted by Crippen LogP contribution is 2.29. The molecule has 1 aromatic rings. The second-order valence-electron chi connectivity index (χ2n) is 3.50. The predicted molar refractivity (Wildman–Crippen MR) is 72.9 cm³/mol. The second-order valence-corrected chi connectivity index (χ2v) is 5.20. The summed E-state index contributed by atoms with van der Waals surface area (Å²) in [6.07, 6.45) is 9.02. The quantitative estimate of drug-likeness (QED) is 0.522. The predicted octanol–water partition coefficient (Wildman–Crippen LogP) is 4.68. The Hall–Kier alpha value is -0.0800. The van der Waals surface area contributed by atoms with Crippen molar-refractivity contribution in [2.24, 2.45) is 0 Å². The van der Waals surface area contributed by atoms with Crippen LogP contribution >= 0.6 is 23.5 Å². The molecule has 15 heavy (non-hydrogen) atoms. The van der Waals surface area contributed by atoms with Gasteiger partial charge in [-0.15, -0.1) is 23.5 Å². The molecule has 83 valence electrons. The van der Waals surface area contributed by atoms with Gasteiger partial charge in [0.1, 0.15) is 0 Å². The van der Waals surface area contributed by atoms with Crippen LogP contribution in [0.4, 0.5) is 0 Å². The number of unbranched alkanes of at least 4 members (excludes halogenated alkanes) is 2. The first kappa shape index (κ1) is 13.0. The minimum absolute atomic E-state index is 1.05. The van der Waals surface area contributed by atoms with Gasteiger partial charge in [0.25, 0.3) is 0 Å². The summed E-state index contributed by atoms with van der Waals surface area (Å²) in [4.78, 5) is 2.80. The molecule has 0 aliphatic heterocycles. The summed E-state index contributed by atoms with van der Waals surface area (Å²) in [5.74, 6) is 0. The van der Waals surface area contributed by atoms with E-state index >= 15 is 0 Å². The van der Waals surface area contributed by atoms with Gasteiger partial charge in [0.2, 0.25) is 0 Å². The van der Waals surface area contributed by atoms with Crippen LogP contribution in [0.15, 0.2) is 28.0 Å². The van der Waals surface area contributed by atoms with Gasteiger partial charge in [-0.2, -0.15) is 0 Å². The highest BCUT2D eigenvalue weighted by Gasteiger charge is 2.01. The molecule has 0 aliphatic carbocycles. The first-order valence-corrected chi connectivity index (χ1v) is 7.77. The average Bonchev–Trinajstić information content (AvgIpc) is 2.29. The van der Waals surface area contributed by atoms with Gasteiger partial charge in [-0.3, -0.25) is 0 Å². The van der Waals surface area contributed by atoms with Crippen LogP contribution in [-0.4, -0.2) is 12.5 Å². The Morgan fingerprint density at radius 3 is 2.40 bits per heavy atom. The molecule has 1 rings (SSSR count). The number of thioether (sulfide) groups is 2. The topological polar surface area (TPSA) is 0 Å². The van der Waals surface area contributed by atoms with Gasteiger partial charge >= 0.3 is 0 Å². The Morgan fingerprint density at radius 2 is 1.80 bits per heavy atom. The molecule has 0 amide bonds. The first-order valence-electron chi connectivity index (χ1n) is 5.32. The fourth-order valence-corrected chi connectivity index (χ4v) is 3.04. The van der Waals surface area contributed by atoms with Gasteiger partial charge < -0.3 is 0 Å². The van der Waals surface area contributed by atoms with E-state index in [0.717, 1.165) is 6.42 Å². The van der Waals surface area contributed by atoms with Crippen molar-refractivity contribution in [3.05, 3.63) is 30.7 Å². The molecule has 0 heterocycles. The SMILES string of the molecule is [CH2]CCCCc1ccc(SC)c(SC)c1. The summed E-state index contributed by atoms with van der Waals surface area (Å²) in [7, 11) is 0. The molecule has 0 spiro atoms. The van der Waals surface area contributed by atoms with Crippen molar-refractivity contribution in [3.8, 4) is 0 Å². The molecule has 2 heteroatoms. The molecule has 0 bridgehead atoms. The van der Waals surface area contributed by atoms with E-state index in [4.69, 9.17) is 0 Å². The van der Waals surface area contributed by atoms with Crippen LogP contribution in [0.3, 0.4) is 0 Å². The normalized spacial score (nSPS) is 10.6. The monoisotopic (exact) mass is 239 g/mol. The number of rotatable bonds is 6. The summed E-state index contributed by atoms with van der Waals surface area (Å²) in [6, 6.07) is 6.84. The number of hydrogen-bond acceptors (Lipinski definition) is 2. The van der Waals surface area contributed by atoms with Gasteiger partial charge in [0, 0.05) is 9.79 Å². The molecule has 0 aromatic heterocycles. The molecule has 0 fully saturated rings. The molecule has 0 saturated carbocycles. The summed E-state index contributed by atoms with van der Waals surface area (Å²) < 4.78 is 0. The zero-order valence-electron chi connectivity index (χ0n) is 9.58. The minimum Gasteiger partial charge on any atom is -0.128 e. The molecule has 0 aliphatic rings. The molecule has 0 saturated heterocycles. The zero-order chi connectivity index (χ0) is 11.1. The molecule has 1 radical (unpaired) electrons. The van der Waals surface area contributed by atoms with Crippen LogP contribution in [0.1, 0.15) is 24.8 Å². The Labute approximate surface area is 102 Å². The van der Waals surface area contributed by atoms with Crippen molar-refractivity contribution < 1.29 is 0 Å². The van der Waals surface area contributed by atoms with Crippen molar-refractivity contribution in [1.82, 2.24) is 0 Å². The van der Waals surface area contributed by atoms with E-state index in [0.29, 0.717) is 0 Å². The number of benzene rings is 1. The van der Waals surface area contributed by atoms with Crippen molar-refractivity contribution in [3.63, 3.8) is 0 Å². The largest absolute Gasteiger partial charge is 0.128 e. The average molecular weight is 239 g/mol. The second kappa shape index (κ2) is 7.24. The Morgan fingerprint density at radius 1 is 1.07 bits per heavy atom. The van der Waals surface area contributed by atoms with Crippen molar-refractivity contribution in [2.45, 2.75) is 35.5 Å². The van der Waals surface area contributed by atoms with Crippen molar-refractivity contribution in [1.29, 1.82) is 0 Å². The fourth-order valence-electron chi connectivity index (χ4n) is 1.54. The van der Waals surface area contributed by atoms with Gasteiger partial charge in [0.15, 0.2) is 0 Å². The summed E-state index contributed by atoms with van der Waals surface area (Å²) in [5, 5.41) is 0. The fraction of sp³-hybridized carbons (Fsp3) is 0.462. The van der Waals surface area contributed by atoms with Crippen LogP contribution in [-0.2, 0) is 6.42 Å². The van der Waals surface area contributed by atoms with E-state index in [1.165, 1.54) is 34.6 Å². The molecule has 0 nitrogen and oxygen atoms in total. The Balaban J connectivity index is 2.66. The van der Waals surface area contributed by atoms with Crippen molar-refractivity contribution in [2.75, 3.05) is 12.5 Å². The lowest BCUT2D eigenvalue weighted by atomic mass is 10.1. The third kappa shape index (κ3) is 4.12. The standard InChI is InChI=1S/C13H19S2/c1-4-5-6-7-11-8-9-12(14-2)13(10-11)15-3/h8-10H,1,4-7H2,2-3H3. The van der Waals surface area contributed by atoms with E-state index in [1.54, 1.807) is 0 Å². The summed E-state index contributed by atoms with van der Waals surface area (Å²) >= 11 is 3.67. The maximum absolute atomic E-state index is 3.87. The Kier molecular flexibility index (Phi) is 6.26. The molecule has 0 atom stereocenters. The van der Waals surface area contributed by atoms with Gasteiger partial charge in [-0.05, 0) is 43.0 Å². The molecular weight excluding hydrogens is 220 g/mol. The third-order valence-electron chi connectivity index (χ3n) is 2.41. The van der Waals surface area contributed by atoms with Gasteiger partial charge in [0.05, 0.1) is 0 Å². The Bertz CT molecular complexity index is 295. The lowest BCUT2D eigenvalue weighted by Crippen LogP contribution is -1.87. The highest BCUT2D eigenvalue weighted by atomic mass is 32.2. The van der Waals surface area contributed by atoms with Crippen LogP contribution in [0.25, 0.3) is 0 Å². The van der Waals surface area contributed by atoms with Crippen molar-refractivity contribution >= 4 is 23.5 Å². The van der Waals surface area contributed by atoms with Gasteiger partial charge in [-0.25, -0.2) is 0 Å². The maximum Gasteiger partial charge on any atom is 0.0208 e. The lowest BCUT2D eigenvalue weighted by Gasteiger charge is -2.07. The van der Waals surface area contributed by atoms with Crippen LogP contribution in [0.5, 0.6) is 0 Å². The minimum atomic E-state index is 1.05. The van der Waals surface area contributed by atoms with Crippen LogP contribution in [0.2, 0.25) is 0 Å². The van der Waals surface area contributed by atoms with Gasteiger partial charge in [-0.1, -0.05) is 25.8 Å². The lowest BCUT2D eigenvalue weighted by molar-refractivity contribution is 0.744. The number of hydrogen-bond donors (Lipinski definition) is 0. The summed E-state index contributed by atoms with van der Waals surface area (Å²) in [6.45, 7) is 3.87. The van der Waals surface area contributed by atoms with E-state index in [-0.39, 0.29) is 0 Å². The molecule has 0 unspecified atom stereocenters. The first-order chi connectivity index (χ1) is 7.31. The smallest absolute Gasteiger partial charge is 0.0208 e. The van der Waals surface area contributed by atoms with E-state index in [9.17, 15) is 0 Å². The van der Waals surface area contributed by atoms with Crippen LogP contribution < -0.4 is 0 Å². The third-order valence-corrected chi connectivity index (χ3v) is 4.12. The maximum atomic E-state index is 3.87. The molecular formula is C13H19S2. The van der Waals surface area contributed by atoms with E-state index in [2.05, 4.69) is 37.6 Å². The van der Waals surface area contributed by atoms with Crippen LogP contribution in [0, 0.1) is 6.92 Å². The van der Waals surface area contributed by atoms with E-state index < -0.39 is 0 Å². The zero-order valence-corrected chi connectivity index (χ0v) is 11.2. The van der Waals surface area contributed by atoms with E-state index in [1.807, 2.05) is 23.5 Å². The highest BCUT2D eigenvalue weighted by molar-refractivity contribution is 8.01. The summed E-state index contributed by atoms with van der Waals surface area (Å²) in [5.41, 5.74) is 1.46.